The van der Waals surface area contributed by atoms with Gasteiger partial charge in [-0.15, -0.1) is 10.2 Å². The summed E-state index contributed by atoms with van der Waals surface area (Å²) in [6.07, 6.45) is 6.00. The third kappa shape index (κ3) is 4.83. The average molecular weight is 550 g/mol. The van der Waals surface area contributed by atoms with E-state index in [0.29, 0.717) is 23.2 Å². The van der Waals surface area contributed by atoms with Gasteiger partial charge in [0.1, 0.15) is 17.4 Å². The minimum absolute atomic E-state index is 0.0143. The Morgan fingerprint density at radius 3 is 2.31 bits per heavy atom. The van der Waals surface area contributed by atoms with Crippen LogP contribution in [0.3, 0.4) is 0 Å². The zero-order chi connectivity index (χ0) is 27.9. The Bertz CT molecular complexity index is 1270. The van der Waals surface area contributed by atoms with Crippen molar-refractivity contribution in [3.63, 3.8) is 0 Å². The molecule has 2 aliphatic rings. The molecule has 8 heteroatoms. The van der Waals surface area contributed by atoms with Crippen molar-refractivity contribution in [3.8, 4) is 5.75 Å². The van der Waals surface area contributed by atoms with E-state index in [1.807, 2.05) is 12.1 Å². The molecule has 1 aliphatic carbocycles. The van der Waals surface area contributed by atoms with E-state index in [9.17, 15) is 0 Å². The second-order valence-corrected chi connectivity index (χ2v) is 18.2. The number of aromatic nitrogens is 3. The first-order valence-electron chi connectivity index (χ1n) is 14.8. The standard InChI is InChI=1S/C31H47N5O2Si/c1-21(2)39(22(3)4,23(5)6)37-20-31(17-10-18-35(31)7)30-34-33-29-16-13-24(19-36(29)30)38-28-15-14-27(32)25-11-8-9-12-26(25)28/h8-9,11-13,16,19,21-23,27-28H,10,14-15,17-18,20,32H2,1-7H3. The molecule has 1 aliphatic heterocycles. The molecule has 0 saturated carbocycles. The van der Waals surface area contributed by atoms with E-state index in [-0.39, 0.29) is 17.7 Å². The summed E-state index contributed by atoms with van der Waals surface area (Å²) < 4.78 is 16.0. The van der Waals surface area contributed by atoms with E-state index in [2.05, 4.69) is 93.5 Å². The lowest BCUT2D eigenvalue weighted by molar-refractivity contribution is 0.0763. The quantitative estimate of drug-likeness (QED) is 0.297. The van der Waals surface area contributed by atoms with Crippen LogP contribution in [-0.2, 0) is 9.96 Å². The third-order valence-corrected chi connectivity index (χ3v) is 15.7. The fourth-order valence-electron chi connectivity index (χ4n) is 7.62. The van der Waals surface area contributed by atoms with Crippen molar-refractivity contribution in [2.24, 2.45) is 5.73 Å². The Kier molecular flexibility index (Phi) is 7.94. The number of rotatable bonds is 9. The molecule has 39 heavy (non-hydrogen) atoms. The summed E-state index contributed by atoms with van der Waals surface area (Å²) in [5, 5.41) is 9.40. The Morgan fingerprint density at radius 1 is 0.974 bits per heavy atom. The van der Waals surface area contributed by atoms with Gasteiger partial charge in [-0.25, -0.2) is 0 Å². The number of pyridine rings is 1. The lowest BCUT2D eigenvalue weighted by atomic mass is 9.86. The van der Waals surface area contributed by atoms with E-state index >= 15 is 0 Å². The van der Waals surface area contributed by atoms with Crippen LogP contribution >= 0.6 is 0 Å². The summed E-state index contributed by atoms with van der Waals surface area (Å²) in [6, 6.07) is 12.5. The van der Waals surface area contributed by atoms with Crippen molar-refractivity contribution in [1.29, 1.82) is 0 Å². The van der Waals surface area contributed by atoms with Gasteiger partial charge >= 0.3 is 0 Å². The summed E-state index contributed by atoms with van der Waals surface area (Å²) in [7, 11) is 0.161. The Balaban J connectivity index is 1.49. The minimum Gasteiger partial charge on any atom is -0.484 e. The minimum atomic E-state index is -2.05. The van der Waals surface area contributed by atoms with Gasteiger partial charge in [0.15, 0.2) is 19.8 Å². The molecule has 5 rings (SSSR count). The van der Waals surface area contributed by atoms with Crippen LogP contribution in [0.4, 0.5) is 0 Å². The molecule has 212 valence electrons. The van der Waals surface area contributed by atoms with Gasteiger partial charge in [-0.2, -0.15) is 0 Å². The molecular weight excluding hydrogens is 502 g/mol. The molecule has 1 aromatic carbocycles. The van der Waals surface area contributed by atoms with Crippen molar-refractivity contribution in [3.05, 3.63) is 59.5 Å². The number of nitrogens with two attached hydrogens (primary N) is 1. The first-order valence-corrected chi connectivity index (χ1v) is 17.0. The topological polar surface area (TPSA) is 77.9 Å². The van der Waals surface area contributed by atoms with Crippen LogP contribution in [-0.4, -0.2) is 48.0 Å². The lowest BCUT2D eigenvalue weighted by Crippen LogP contribution is -2.53. The van der Waals surface area contributed by atoms with Crippen LogP contribution in [0.5, 0.6) is 5.75 Å². The molecule has 7 nitrogen and oxygen atoms in total. The highest BCUT2D eigenvalue weighted by molar-refractivity contribution is 6.77. The Labute approximate surface area is 235 Å². The fraction of sp³-hybridized carbons (Fsp3) is 0.613. The molecule has 3 aromatic rings. The number of ether oxygens (including phenoxy) is 1. The van der Waals surface area contributed by atoms with Gasteiger partial charge in [-0.05, 0) is 79.2 Å². The van der Waals surface area contributed by atoms with Gasteiger partial charge in [-0.3, -0.25) is 9.30 Å². The summed E-state index contributed by atoms with van der Waals surface area (Å²) in [5.74, 6) is 1.78. The van der Waals surface area contributed by atoms with Crippen LogP contribution in [0.2, 0.25) is 16.6 Å². The van der Waals surface area contributed by atoms with E-state index in [1.165, 1.54) is 11.1 Å². The van der Waals surface area contributed by atoms with E-state index in [4.69, 9.17) is 20.0 Å². The lowest BCUT2D eigenvalue weighted by Gasteiger charge is -2.45. The molecule has 3 heterocycles. The van der Waals surface area contributed by atoms with Gasteiger partial charge in [0.05, 0.1) is 12.8 Å². The van der Waals surface area contributed by atoms with Crippen molar-refractivity contribution >= 4 is 14.0 Å². The SMILES string of the molecule is CC(C)[Si](OCC1(c2nnc3ccc(OC4CCC(N)c5ccccc54)cn23)CCCN1C)(C(C)C)C(C)C. The van der Waals surface area contributed by atoms with Crippen molar-refractivity contribution in [2.45, 2.75) is 102 Å². The van der Waals surface area contributed by atoms with E-state index < -0.39 is 8.32 Å². The van der Waals surface area contributed by atoms with Crippen LogP contribution in [0.25, 0.3) is 5.65 Å². The molecule has 3 unspecified atom stereocenters. The molecule has 0 bridgehead atoms. The van der Waals surface area contributed by atoms with Crippen LogP contribution in [0, 0.1) is 0 Å². The Hall–Kier alpha value is -2.26. The molecule has 1 saturated heterocycles. The number of hydrogen-bond donors (Lipinski definition) is 1. The summed E-state index contributed by atoms with van der Waals surface area (Å²) >= 11 is 0. The number of nitrogens with zero attached hydrogens (tertiary/aromatic N) is 4. The molecule has 2 N–H and O–H groups in total. The van der Waals surface area contributed by atoms with Gasteiger partial charge in [0.2, 0.25) is 0 Å². The van der Waals surface area contributed by atoms with Gasteiger partial charge < -0.3 is 14.9 Å². The zero-order valence-electron chi connectivity index (χ0n) is 24.9. The predicted octanol–water partition coefficient (Wildman–Crippen LogP) is 6.76. The van der Waals surface area contributed by atoms with Crippen molar-refractivity contribution in [2.75, 3.05) is 20.2 Å². The molecule has 2 aromatic heterocycles. The summed E-state index contributed by atoms with van der Waals surface area (Å²) in [6.45, 7) is 15.8. The van der Waals surface area contributed by atoms with Gasteiger partial charge in [0, 0.05) is 6.04 Å². The summed E-state index contributed by atoms with van der Waals surface area (Å²) in [5.41, 5.74) is 10.9. The van der Waals surface area contributed by atoms with Crippen molar-refractivity contribution in [1.82, 2.24) is 19.5 Å². The van der Waals surface area contributed by atoms with Gasteiger partial charge in [0.25, 0.3) is 0 Å². The largest absolute Gasteiger partial charge is 0.484 e. The molecule has 3 atom stereocenters. The maximum atomic E-state index is 7.22. The number of benzene rings is 1. The maximum Gasteiger partial charge on any atom is 0.200 e. The number of likely N-dealkylation sites (tertiary alicyclic amines) is 1. The van der Waals surface area contributed by atoms with E-state index in [0.717, 1.165) is 49.4 Å². The van der Waals surface area contributed by atoms with Crippen LogP contribution < -0.4 is 10.5 Å². The second-order valence-electron chi connectivity index (χ2n) is 12.7. The molecular formula is C31H47N5O2Si. The normalized spacial score (nSPS) is 24.3. The highest BCUT2D eigenvalue weighted by Crippen LogP contribution is 2.46. The van der Waals surface area contributed by atoms with E-state index in [1.54, 1.807) is 0 Å². The van der Waals surface area contributed by atoms with Crippen LogP contribution in [0.1, 0.15) is 96.3 Å². The fourth-order valence-corrected chi connectivity index (χ4v) is 13.1. The molecule has 1 fully saturated rings. The first kappa shape index (κ1) is 28.3. The number of hydrogen-bond acceptors (Lipinski definition) is 6. The highest BCUT2D eigenvalue weighted by atomic mass is 28.4. The van der Waals surface area contributed by atoms with Crippen LogP contribution in [0.15, 0.2) is 42.6 Å². The predicted molar refractivity (Wildman–Crippen MR) is 160 cm³/mol. The third-order valence-electron chi connectivity index (χ3n) is 9.63. The smallest absolute Gasteiger partial charge is 0.200 e. The maximum absolute atomic E-state index is 7.22. The molecule has 0 radical (unpaired) electrons. The average Bonchev–Trinajstić information content (AvgIpc) is 3.49. The summed E-state index contributed by atoms with van der Waals surface area (Å²) in [4.78, 5) is 2.44. The van der Waals surface area contributed by atoms with Gasteiger partial charge in [-0.1, -0.05) is 65.8 Å². The molecule has 0 spiro atoms. The monoisotopic (exact) mass is 549 g/mol. The number of fused-ring (bicyclic) bond motifs is 2. The first-order chi connectivity index (χ1) is 18.6. The molecule has 0 amide bonds. The highest BCUT2D eigenvalue weighted by Gasteiger charge is 2.50. The Morgan fingerprint density at radius 2 is 1.67 bits per heavy atom. The second kappa shape index (κ2) is 11.0. The zero-order valence-corrected chi connectivity index (χ0v) is 25.9. The number of likely N-dealkylation sites (N-methyl/N-ethyl adjacent to an activating group) is 1. The van der Waals surface area contributed by atoms with Crippen molar-refractivity contribution < 1.29 is 9.16 Å².